The molecule has 0 aliphatic carbocycles. The molecule has 0 saturated carbocycles. The third kappa shape index (κ3) is 4.26. The molecular formula is C16H3F15N2O5S2. The SMILES string of the molecule is NC(=O)NC(c1c(F)c(F)c(-c2c(F)c(F)c(F)c(F)c2F)c(F)c1F)(S(=O)(=O)C(F)(F)F)S(=O)(=O)C(F)(F)F. The van der Waals surface area contributed by atoms with Crippen molar-refractivity contribution in [3.05, 3.63) is 57.9 Å². The molecule has 3 N–H and O–H groups in total. The van der Waals surface area contributed by atoms with Crippen LogP contribution in [0.2, 0.25) is 0 Å². The number of carbonyl (C=O) groups is 1. The van der Waals surface area contributed by atoms with Gasteiger partial charge in [0.05, 0.1) is 16.7 Å². The molecule has 0 heterocycles. The van der Waals surface area contributed by atoms with Gasteiger partial charge in [0.2, 0.25) is 5.82 Å². The third-order valence-corrected chi connectivity index (χ3v) is 9.37. The van der Waals surface area contributed by atoms with E-state index in [1.807, 2.05) is 0 Å². The Morgan fingerprint density at radius 2 is 0.775 bits per heavy atom. The van der Waals surface area contributed by atoms with Crippen molar-refractivity contribution in [2.75, 3.05) is 0 Å². The Morgan fingerprint density at radius 1 is 0.525 bits per heavy atom. The van der Waals surface area contributed by atoms with E-state index in [0.717, 1.165) is 0 Å². The first kappa shape index (κ1) is 32.8. The molecule has 0 atom stereocenters. The summed E-state index contributed by atoms with van der Waals surface area (Å²) in [6.07, 6.45) is 0. The number of nitrogens with one attached hydrogen (secondary N) is 1. The van der Waals surface area contributed by atoms with Gasteiger partial charge in [0, 0.05) is 0 Å². The molecule has 24 heteroatoms. The number of primary amides is 1. The van der Waals surface area contributed by atoms with Gasteiger partial charge in [-0.05, 0) is 0 Å². The van der Waals surface area contributed by atoms with Gasteiger partial charge in [-0.3, -0.25) is 0 Å². The van der Waals surface area contributed by atoms with E-state index >= 15 is 0 Å². The van der Waals surface area contributed by atoms with Gasteiger partial charge in [0.15, 0.2) is 46.5 Å². The number of amides is 2. The topological polar surface area (TPSA) is 123 Å². The van der Waals surface area contributed by atoms with Crippen LogP contribution >= 0.6 is 0 Å². The van der Waals surface area contributed by atoms with E-state index in [-0.39, 0.29) is 5.32 Å². The predicted octanol–water partition coefficient (Wildman–Crippen LogP) is 4.25. The number of halogens is 15. The van der Waals surface area contributed by atoms with Crippen LogP contribution in [0.1, 0.15) is 5.56 Å². The van der Waals surface area contributed by atoms with Crippen molar-refractivity contribution in [3.8, 4) is 11.1 Å². The van der Waals surface area contributed by atoms with E-state index in [2.05, 4.69) is 5.73 Å². The van der Waals surface area contributed by atoms with Gasteiger partial charge >= 0.3 is 17.0 Å². The Bertz CT molecular complexity index is 1550. The summed E-state index contributed by atoms with van der Waals surface area (Å²) in [5, 5.41) is -0.261. The largest absolute Gasteiger partial charge is 0.501 e. The quantitative estimate of drug-likeness (QED) is 0.284. The van der Waals surface area contributed by atoms with E-state index in [1.165, 1.54) is 0 Å². The maximum Gasteiger partial charge on any atom is 0.501 e. The minimum absolute atomic E-state index is 0.261. The molecule has 0 spiro atoms. The summed E-state index contributed by atoms with van der Waals surface area (Å²) in [5.41, 5.74) is -20.6. The fourth-order valence-electron chi connectivity index (χ4n) is 3.06. The van der Waals surface area contributed by atoms with Crippen molar-refractivity contribution >= 4 is 25.7 Å². The van der Waals surface area contributed by atoms with Gasteiger partial charge < -0.3 is 11.1 Å². The van der Waals surface area contributed by atoms with Crippen molar-refractivity contribution < 1.29 is 87.5 Å². The van der Waals surface area contributed by atoms with E-state index in [9.17, 15) is 87.5 Å². The number of hydrogen-bond acceptors (Lipinski definition) is 5. The predicted molar refractivity (Wildman–Crippen MR) is 95.8 cm³/mol. The lowest BCUT2D eigenvalue weighted by molar-refractivity contribution is -0.0500. The number of benzene rings is 2. The average molecular weight is 652 g/mol. The van der Waals surface area contributed by atoms with Crippen molar-refractivity contribution in [1.29, 1.82) is 0 Å². The van der Waals surface area contributed by atoms with Crippen LogP contribution in [0.3, 0.4) is 0 Å². The zero-order valence-electron chi connectivity index (χ0n) is 17.6. The van der Waals surface area contributed by atoms with Gasteiger partial charge in [-0.25, -0.2) is 61.1 Å². The fraction of sp³-hybridized carbons (Fsp3) is 0.188. The lowest BCUT2D eigenvalue weighted by atomic mass is 9.98. The maximum absolute atomic E-state index is 15.0. The van der Waals surface area contributed by atoms with Crippen molar-refractivity contribution in [2.45, 2.75) is 15.2 Å². The molecule has 0 unspecified atom stereocenters. The Labute approximate surface area is 209 Å². The summed E-state index contributed by atoms with van der Waals surface area (Å²) in [6.45, 7) is 0. The molecule has 40 heavy (non-hydrogen) atoms. The molecule has 2 aromatic rings. The molecule has 0 radical (unpaired) electrons. The summed E-state index contributed by atoms with van der Waals surface area (Å²) >= 11 is 0. The van der Waals surface area contributed by atoms with Crippen LogP contribution in [0, 0.1) is 52.4 Å². The highest BCUT2D eigenvalue weighted by Gasteiger charge is 2.76. The summed E-state index contributed by atoms with van der Waals surface area (Å²) in [5.74, 6) is -31.1. The Hall–Kier alpha value is -3.44. The zero-order valence-corrected chi connectivity index (χ0v) is 19.2. The number of alkyl halides is 6. The molecule has 0 aromatic heterocycles. The highest BCUT2D eigenvalue weighted by molar-refractivity contribution is 8.10. The van der Waals surface area contributed by atoms with Crippen LogP contribution in [0.4, 0.5) is 70.7 Å². The average Bonchev–Trinajstić information content (AvgIpc) is 2.79. The summed E-state index contributed by atoms with van der Waals surface area (Å²) in [7, 11) is -17.1. The second-order valence-corrected chi connectivity index (χ2v) is 11.4. The Balaban J connectivity index is 3.43. The highest BCUT2D eigenvalue weighted by atomic mass is 32.3. The summed E-state index contributed by atoms with van der Waals surface area (Å²) < 4.78 is 250. The highest BCUT2D eigenvalue weighted by Crippen LogP contribution is 2.51. The number of sulfone groups is 2. The number of nitrogens with two attached hydrogens (primary N) is 1. The molecule has 0 aliphatic heterocycles. The smallest absolute Gasteiger partial charge is 0.352 e. The van der Waals surface area contributed by atoms with E-state index in [4.69, 9.17) is 0 Å². The molecule has 7 nitrogen and oxygen atoms in total. The second kappa shape index (κ2) is 9.59. The first-order valence-corrected chi connectivity index (χ1v) is 11.8. The van der Waals surface area contributed by atoms with E-state index in [1.54, 1.807) is 0 Å². The summed E-state index contributed by atoms with van der Waals surface area (Å²) in [6, 6.07) is -3.08. The lowest BCUT2D eigenvalue weighted by Crippen LogP contribution is -2.64. The zero-order chi connectivity index (χ0) is 31.7. The van der Waals surface area contributed by atoms with Gasteiger partial charge in [0.25, 0.3) is 23.9 Å². The number of rotatable bonds is 5. The molecule has 0 aliphatic rings. The first-order chi connectivity index (χ1) is 17.7. The molecule has 0 saturated heterocycles. The molecule has 2 rings (SSSR count). The lowest BCUT2D eigenvalue weighted by Gasteiger charge is -2.34. The number of hydrogen-bond donors (Lipinski definition) is 2. The molecular weight excluding hydrogens is 649 g/mol. The first-order valence-electron chi connectivity index (χ1n) is 8.81. The van der Waals surface area contributed by atoms with Crippen LogP contribution in [-0.2, 0) is 23.9 Å². The van der Waals surface area contributed by atoms with Gasteiger partial charge in [-0.1, -0.05) is 0 Å². The van der Waals surface area contributed by atoms with Crippen LogP contribution in [0.15, 0.2) is 0 Å². The van der Waals surface area contributed by atoms with E-state index < -0.39 is 110 Å². The Morgan fingerprint density at radius 3 is 1.02 bits per heavy atom. The van der Waals surface area contributed by atoms with Crippen LogP contribution in [0.25, 0.3) is 11.1 Å². The molecule has 0 bridgehead atoms. The van der Waals surface area contributed by atoms with Gasteiger partial charge in [0.1, 0.15) is 0 Å². The third-order valence-electron chi connectivity index (χ3n) is 4.71. The fourth-order valence-corrected chi connectivity index (χ4v) is 6.80. The van der Waals surface area contributed by atoms with Crippen molar-refractivity contribution in [2.24, 2.45) is 5.73 Å². The number of carbonyl (C=O) groups excluding carboxylic acids is 1. The van der Waals surface area contributed by atoms with Crippen LogP contribution < -0.4 is 11.1 Å². The molecule has 2 aromatic carbocycles. The molecule has 0 fully saturated rings. The monoisotopic (exact) mass is 652 g/mol. The normalized spacial score (nSPS) is 13.5. The van der Waals surface area contributed by atoms with Crippen molar-refractivity contribution in [1.82, 2.24) is 5.32 Å². The van der Waals surface area contributed by atoms with Gasteiger partial charge in [-0.15, -0.1) is 0 Å². The van der Waals surface area contributed by atoms with E-state index in [0.29, 0.717) is 0 Å². The minimum atomic E-state index is -8.53. The van der Waals surface area contributed by atoms with Crippen LogP contribution in [-0.4, -0.2) is 33.9 Å². The standard InChI is InChI=1S/C16H3F15N2O5S2/c17-4-1(2-6(19)10(23)12(25)11(24)7(2)20)5(18)9(22)3(8(4)21)14(33-13(32)34,39(35,36)15(26,27)28)40(37,38)16(29,30)31/h(H3,32,33,34). The molecule has 2 amide bonds. The maximum atomic E-state index is 15.0. The van der Waals surface area contributed by atoms with Crippen LogP contribution in [0.5, 0.6) is 0 Å². The Kier molecular flexibility index (Phi) is 7.85. The number of urea groups is 1. The summed E-state index contributed by atoms with van der Waals surface area (Å²) in [4.78, 5) is 11.2. The molecule has 224 valence electrons. The van der Waals surface area contributed by atoms with Gasteiger partial charge in [-0.2, -0.15) is 26.3 Å². The second-order valence-electron chi connectivity index (χ2n) is 6.96. The van der Waals surface area contributed by atoms with Crippen molar-refractivity contribution in [3.63, 3.8) is 0 Å². The minimum Gasteiger partial charge on any atom is -0.352 e.